The topological polar surface area (TPSA) is 121 Å². The summed E-state index contributed by atoms with van der Waals surface area (Å²) in [5, 5.41) is 3.91. The summed E-state index contributed by atoms with van der Waals surface area (Å²) in [7, 11) is 3.06. The molecule has 2 heterocycles. The number of anilines is 1. The van der Waals surface area contributed by atoms with Gasteiger partial charge < -0.3 is 18.7 Å². The van der Waals surface area contributed by atoms with Gasteiger partial charge in [-0.3, -0.25) is 9.59 Å². The van der Waals surface area contributed by atoms with Gasteiger partial charge in [0.1, 0.15) is 0 Å². The van der Waals surface area contributed by atoms with Crippen molar-refractivity contribution in [1.82, 2.24) is 10.1 Å². The Hall–Kier alpha value is -4.99. The highest BCUT2D eigenvalue weighted by Crippen LogP contribution is 2.31. The van der Waals surface area contributed by atoms with Crippen molar-refractivity contribution in [1.29, 1.82) is 0 Å². The summed E-state index contributed by atoms with van der Waals surface area (Å²) in [6.45, 7) is -0.237. The molecule has 1 aromatic heterocycles. The van der Waals surface area contributed by atoms with Crippen molar-refractivity contribution in [2.75, 3.05) is 19.1 Å². The number of carbonyl (C=O) groups is 3. The molecule has 0 atom stereocenters. The zero-order valence-corrected chi connectivity index (χ0v) is 19.3. The van der Waals surface area contributed by atoms with Gasteiger partial charge in [0.25, 0.3) is 17.7 Å². The number of rotatable bonds is 7. The average molecular weight is 485 g/mol. The van der Waals surface area contributed by atoms with Gasteiger partial charge in [-0.15, -0.1) is 0 Å². The molecule has 0 unspecified atom stereocenters. The van der Waals surface area contributed by atoms with E-state index in [2.05, 4.69) is 10.1 Å². The summed E-state index contributed by atoms with van der Waals surface area (Å²) in [5.74, 6) is 0.0309. The van der Waals surface area contributed by atoms with Crippen molar-refractivity contribution < 1.29 is 33.1 Å². The van der Waals surface area contributed by atoms with Gasteiger partial charge in [0, 0.05) is 5.56 Å². The monoisotopic (exact) mass is 485 g/mol. The zero-order valence-electron chi connectivity index (χ0n) is 19.3. The highest BCUT2D eigenvalue weighted by Gasteiger charge is 2.36. The van der Waals surface area contributed by atoms with Gasteiger partial charge in [-0.1, -0.05) is 17.3 Å². The number of ether oxygens (including phenoxy) is 3. The molecule has 10 heteroatoms. The lowest BCUT2D eigenvalue weighted by molar-refractivity contribution is 0.0429. The van der Waals surface area contributed by atoms with Crippen LogP contribution in [-0.2, 0) is 11.3 Å². The summed E-state index contributed by atoms with van der Waals surface area (Å²) in [5.41, 5.74) is 1.91. The smallest absolute Gasteiger partial charge is 0.338 e. The fourth-order valence-electron chi connectivity index (χ4n) is 3.79. The zero-order chi connectivity index (χ0) is 25.2. The lowest BCUT2D eigenvalue weighted by Gasteiger charge is -2.14. The highest BCUT2D eigenvalue weighted by atomic mass is 16.6. The first-order chi connectivity index (χ1) is 17.5. The van der Waals surface area contributed by atoms with E-state index in [4.69, 9.17) is 18.7 Å². The van der Waals surface area contributed by atoms with Crippen LogP contribution in [0.1, 0.15) is 37.0 Å². The standard InChI is InChI=1S/C26H19N3O7/c1-33-20-12-9-16(13-21(20)34-2)23-27-22(36-28-23)14-35-26(32)15-7-10-17(11-8-15)29-24(30)18-5-3-4-6-19(18)25(29)31/h3-13H,14H2,1-2H3. The minimum absolute atomic E-state index is 0.107. The number of benzene rings is 3. The number of nitrogens with zero attached hydrogens (tertiary/aromatic N) is 3. The molecule has 0 spiro atoms. The molecule has 0 bridgehead atoms. The maximum absolute atomic E-state index is 12.6. The maximum Gasteiger partial charge on any atom is 0.338 e. The Morgan fingerprint density at radius 3 is 2.19 bits per heavy atom. The third-order valence-electron chi connectivity index (χ3n) is 5.59. The molecule has 180 valence electrons. The van der Waals surface area contributed by atoms with Crippen LogP contribution in [0.3, 0.4) is 0 Å². The summed E-state index contributed by atoms with van der Waals surface area (Å²) in [6, 6.07) is 17.8. The summed E-state index contributed by atoms with van der Waals surface area (Å²) in [6.07, 6.45) is 0. The van der Waals surface area contributed by atoms with Crippen LogP contribution in [0.4, 0.5) is 5.69 Å². The van der Waals surface area contributed by atoms with Crippen LogP contribution < -0.4 is 14.4 Å². The minimum atomic E-state index is -0.630. The number of hydrogen-bond donors (Lipinski definition) is 0. The van der Waals surface area contributed by atoms with Crippen LogP contribution in [0.25, 0.3) is 11.4 Å². The quantitative estimate of drug-likeness (QED) is 0.283. The van der Waals surface area contributed by atoms with Crippen molar-refractivity contribution >= 4 is 23.5 Å². The van der Waals surface area contributed by atoms with E-state index in [1.165, 1.54) is 38.5 Å². The molecule has 1 aliphatic heterocycles. The van der Waals surface area contributed by atoms with Crippen molar-refractivity contribution in [2.24, 2.45) is 0 Å². The van der Waals surface area contributed by atoms with E-state index in [0.717, 1.165) is 4.90 Å². The van der Waals surface area contributed by atoms with E-state index >= 15 is 0 Å². The van der Waals surface area contributed by atoms with Gasteiger partial charge in [-0.2, -0.15) is 4.98 Å². The molecule has 0 aliphatic carbocycles. The van der Waals surface area contributed by atoms with Gasteiger partial charge in [0.15, 0.2) is 18.1 Å². The maximum atomic E-state index is 12.6. The summed E-state index contributed by atoms with van der Waals surface area (Å²) in [4.78, 5) is 43.1. The van der Waals surface area contributed by atoms with E-state index in [9.17, 15) is 14.4 Å². The second-order valence-electron chi connectivity index (χ2n) is 7.70. The third-order valence-corrected chi connectivity index (χ3v) is 5.59. The third kappa shape index (κ3) is 4.05. The van der Waals surface area contributed by atoms with Crippen LogP contribution in [0, 0.1) is 0 Å². The van der Waals surface area contributed by atoms with Gasteiger partial charge in [0.2, 0.25) is 5.82 Å². The second-order valence-corrected chi connectivity index (χ2v) is 7.70. The second kappa shape index (κ2) is 9.34. The molecular formula is C26H19N3O7. The Balaban J connectivity index is 1.24. The fraction of sp³-hybridized carbons (Fsp3) is 0.115. The lowest BCUT2D eigenvalue weighted by Crippen LogP contribution is -2.29. The number of methoxy groups -OCH3 is 2. The first-order valence-electron chi connectivity index (χ1n) is 10.8. The van der Waals surface area contributed by atoms with Crippen LogP contribution in [0.5, 0.6) is 11.5 Å². The van der Waals surface area contributed by atoms with Crippen LogP contribution in [-0.4, -0.2) is 42.1 Å². The predicted octanol–water partition coefficient (Wildman–Crippen LogP) is 3.91. The number of aromatic nitrogens is 2. The van der Waals surface area contributed by atoms with Gasteiger partial charge in [0.05, 0.1) is 36.6 Å². The Morgan fingerprint density at radius 1 is 0.889 bits per heavy atom. The Bertz CT molecular complexity index is 1440. The van der Waals surface area contributed by atoms with E-state index in [0.29, 0.717) is 39.7 Å². The Labute approximate surface area is 205 Å². The fourth-order valence-corrected chi connectivity index (χ4v) is 3.79. The molecule has 0 saturated carbocycles. The molecule has 10 nitrogen and oxygen atoms in total. The molecule has 0 radical (unpaired) electrons. The molecule has 3 aromatic carbocycles. The molecule has 0 N–H and O–H groups in total. The van der Waals surface area contributed by atoms with E-state index in [1.54, 1.807) is 42.5 Å². The van der Waals surface area contributed by atoms with Gasteiger partial charge in [-0.05, 0) is 54.6 Å². The van der Waals surface area contributed by atoms with Gasteiger partial charge >= 0.3 is 5.97 Å². The van der Waals surface area contributed by atoms with Gasteiger partial charge in [-0.25, -0.2) is 9.69 Å². The normalized spacial score (nSPS) is 12.4. The molecule has 4 aromatic rings. The highest BCUT2D eigenvalue weighted by molar-refractivity contribution is 6.34. The van der Waals surface area contributed by atoms with Crippen molar-refractivity contribution in [3.63, 3.8) is 0 Å². The SMILES string of the molecule is COc1ccc(-c2noc(COC(=O)c3ccc(N4C(=O)c5ccccc5C4=O)cc3)n2)cc1OC. The number of esters is 1. The lowest BCUT2D eigenvalue weighted by atomic mass is 10.1. The van der Waals surface area contributed by atoms with Crippen molar-refractivity contribution in [2.45, 2.75) is 6.61 Å². The largest absolute Gasteiger partial charge is 0.493 e. The molecule has 0 fully saturated rings. The van der Waals surface area contributed by atoms with E-state index < -0.39 is 17.8 Å². The molecule has 0 saturated heterocycles. The molecule has 1 aliphatic rings. The summed E-state index contributed by atoms with van der Waals surface area (Å²) < 4.78 is 21.0. The van der Waals surface area contributed by atoms with Crippen LogP contribution >= 0.6 is 0 Å². The molecule has 36 heavy (non-hydrogen) atoms. The first kappa shape index (κ1) is 22.8. The Kier molecular flexibility index (Phi) is 5.91. The van der Waals surface area contributed by atoms with Crippen molar-refractivity contribution in [3.8, 4) is 22.9 Å². The number of amides is 2. The Morgan fingerprint density at radius 2 is 1.56 bits per heavy atom. The average Bonchev–Trinajstić information content (AvgIpc) is 3.50. The minimum Gasteiger partial charge on any atom is -0.493 e. The first-order valence-corrected chi connectivity index (χ1v) is 10.8. The van der Waals surface area contributed by atoms with E-state index in [1.807, 2.05) is 0 Å². The predicted molar refractivity (Wildman–Crippen MR) is 126 cm³/mol. The number of carbonyl (C=O) groups excluding carboxylic acids is 3. The number of hydrogen-bond acceptors (Lipinski definition) is 9. The van der Waals surface area contributed by atoms with Crippen LogP contribution in [0.15, 0.2) is 71.3 Å². The molecular weight excluding hydrogens is 466 g/mol. The van der Waals surface area contributed by atoms with E-state index in [-0.39, 0.29) is 18.1 Å². The van der Waals surface area contributed by atoms with Crippen LogP contribution in [0.2, 0.25) is 0 Å². The molecule has 5 rings (SSSR count). The molecule has 2 amide bonds. The summed E-state index contributed by atoms with van der Waals surface area (Å²) >= 11 is 0. The number of imide groups is 1. The van der Waals surface area contributed by atoms with Crippen molar-refractivity contribution in [3.05, 3.63) is 89.3 Å². The number of fused-ring (bicyclic) bond motifs is 1.